The van der Waals surface area contributed by atoms with E-state index in [1.54, 1.807) is 0 Å². The highest BCUT2D eigenvalue weighted by atomic mass is 32.2. The molecule has 3 unspecified atom stereocenters. The molecule has 100 valence electrons. The summed E-state index contributed by atoms with van der Waals surface area (Å²) in [5.41, 5.74) is 0. The minimum Gasteiger partial charge on any atom is -0.314 e. The lowest BCUT2D eigenvalue weighted by Crippen LogP contribution is -2.37. The van der Waals surface area contributed by atoms with Crippen LogP contribution < -0.4 is 5.32 Å². The lowest BCUT2D eigenvalue weighted by atomic mass is 9.81. The van der Waals surface area contributed by atoms with Crippen LogP contribution in [0.5, 0.6) is 0 Å². The molecule has 1 N–H and O–H groups in total. The third-order valence-corrected chi connectivity index (χ3v) is 5.54. The Kier molecular flexibility index (Phi) is 5.68. The molecule has 0 spiro atoms. The van der Waals surface area contributed by atoms with Gasteiger partial charge in [0.25, 0.3) is 0 Å². The zero-order valence-corrected chi connectivity index (χ0v) is 12.4. The summed E-state index contributed by atoms with van der Waals surface area (Å²) in [7, 11) is 0. The second kappa shape index (κ2) is 7.04. The Hall–Kier alpha value is 0.310. The van der Waals surface area contributed by atoms with Gasteiger partial charge in [-0.05, 0) is 61.5 Å². The third kappa shape index (κ3) is 4.82. The SMILES string of the molecule is CC(C)CC1CCCC(NCC2CCSC2)C1. The van der Waals surface area contributed by atoms with Gasteiger partial charge in [0.2, 0.25) is 0 Å². The molecular formula is C15H29NS. The average molecular weight is 255 g/mol. The number of nitrogens with one attached hydrogen (secondary N) is 1. The van der Waals surface area contributed by atoms with Gasteiger partial charge in [0.15, 0.2) is 0 Å². The van der Waals surface area contributed by atoms with Crippen molar-refractivity contribution in [3.05, 3.63) is 0 Å². The molecular weight excluding hydrogens is 226 g/mol. The quantitative estimate of drug-likeness (QED) is 0.799. The Balaban J connectivity index is 1.65. The van der Waals surface area contributed by atoms with E-state index < -0.39 is 0 Å². The standard InChI is InChI=1S/C15H29NS/c1-12(2)8-13-4-3-5-15(9-13)16-10-14-6-7-17-11-14/h12-16H,3-11H2,1-2H3. The van der Waals surface area contributed by atoms with Gasteiger partial charge in [0.1, 0.15) is 0 Å². The van der Waals surface area contributed by atoms with Gasteiger partial charge in [-0.3, -0.25) is 0 Å². The molecule has 1 aliphatic heterocycles. The number of hydrogen-bond acceptors (Lipinski definition) is 2. The first kappa shape index (κ1) is 13.7. The summed E-state index contributed by atoms with van der Waals surface area (Å²) < 4.78 is 0. The largest absolute Gasteiger partial charge is 0.314 e. The van der Waals surface area contributed by atoms with Crippen molar-refractivity contribution in [3.8, 4) is 0 Å². The third-order valence-electron chi connectivity index (χ3n) is 4.31. The van der Waals surface area contributed by atoms with E-state index in [4.69, 9.17) is 0 Å². The smallest absolute Gasteiger partial charge is 0.00698 e. The van der Waals surface area contributed by atoms with Gasteiger partial charge < -0.3 is 5.32 Å². The van der Waals surface area contributed by atoms with Crippen molar-refractivity contribution in [1.82, 2.24) is 5.32 Å². The highest BCUT2D eigenvalue weighted by Crippen LogP contribution is 2.30. The van der Waals surface area contributed by atoms with Gasteiger partial charge in [-0.2, -0.15) is 11.8 Å². The Morgan fingerprint density at radius 1 is 1.18 bits per heavy atom. The Morgan fingerprint density at radius 2 is 2.06 bits per heavy atom. The maximum absolute atomic E-state index is 3.85. The van der Waals surface area contributed by atoms with Gasteiger partial charge in [-0.15, -0.1) is 0 Å². The summed E-state index contributed by atoms with van der Waals surface area (Å²) in [5.74, 6) is 5.64. The molecule has 2 rings (SSSR count). The van der Waals surface area contributed by atoms with Crippen LogP contribution in [0.3, 0.4) is 0 Å². The molecule has 0 aromatic carbocycles. The van der Waals surface area contributed by atoms with E-state index >= 15 is 0 Å². The zero-order chi connectivity index (χ0) is 12.1. The molecule has 2 fully saturated rings. The Bertz CT molecular complexity index is 211. The van der Waals surface area contributed by atoms with Crippen LogP contribution in [0, 0.1) is 17.8 Å². The molecule has 17 heavy (non-hydrogen) atoms. The minimum absolute atomic E-state index is 0.832. The summed E-state index contributed by atoms with van der Waals surface area (Å²) in [6.07, 6.45) is 8.69. The van der Waals surface area contributed by atoms with E-state index in [-0.39, 0.29) is 0 Å². The molecule has 0 bridgehead atoms. The fourth-order valence-electron chi connectivity index (χ4n) is 3.43. The van der Waals surface area contributed by atoms with Crippen molar-refractivity contribution in [2.75, 3.05) is 18.1 Å². The predicted molar refractivity (Wildman–Crippen MR) is 78.6 cm³/mol. The summed E-state index contributed by atoms with van der Waals surface area (Å²) in [6.45, 7) is 6.02. The van der Waals surface area contributed by atoms with Crippen molar-refractivity contribution < 1.29 is 0 Å². The van der Waals surface area contributed by atoms with E-state index in [2.05, 4.69) is 30.9 Å². The molecule has 1 saturated carbocycles. The van der Waals surface area contributed by atoms with Crippen LogP contribution >= 0.6 is 11.8 Å². The van der Waals surface area contributed by atoms with E-state index in [0.29, 0.717) is 0 Å². The molecule has 1 saturated heterocycles. The zero-order valence-electron chi connectivity index (χ0n) is 11.6. The van der Waals surface area contributed by atoms with Crippen LogP contribution in [-0.4, -0.2) is 24.1 Å². The van der Waals surface area contributed by atoms with Crippen molar-refractivity contribution in [1.29, 1.82) is 0 Å². The monoisotopic (exact) mass is 255 g/mol. The second-order valence-corrected chi connectivity index (χ2v) is 7.65. The first-order valence-electron chi connectivity index (χ1n) is 7.55. The molecule has 2 aliphatic rings. The van der Waals surface area contributed by atoms with Crippen LogP contribution in [0.2, 0.25) is 0 Å². The van der Waals surface area contributed by atoms with Crippen LogP contribution in [0.4, 0.5) is 0 Å². The average Bonchev–Trinajstić information content (AvgIpc) is 2.79. The minimum atomic E-state index is 0.832. The summed E-state index contributed by atoms with van der Waals surface area (Å²) in [4.78, 5) is 0. The van der Waals surface area contributed by atoms with Crippen LogP contribution in [0.25, 0.3) is 0 Å². The fraction of sp³-hybridized carbons (Fsp3) is 1.00. The molecule has 2 heteroatoms. The Labute approximate surface area is 112 Å². The van der Waals surface area contributed by atoms with Crippen molar-refractivity contribution >= 4 is 11.8 Å². The molecule has 0 radical (unpaired) electrons. The molecule has 3 atom stereocenters. The van der Waals surface area contributed by atoms with Gasteiger partial charge in [-0.25, -0.2) is 0 Å². The molecule has 1 aliphatic carbocycles. The fourth-order valence-corrected chi connectivity index (χ4v) is 4.72. The lowest BCUT2D eigenvalue weighted by molar-refractivity contribution is 0.248. The van der Waals surface area contributed by atoms with E-state index in [9.17, 15) is 0 Å². The van der Waals surface area contributed by atoms with E-state index in [0.717, 1.165) is 23.8 Å². The molecule has 0 amide bonds. The first-order valence-corrected chi connectivity index (χ1v) is 8.70. The highest BCUT2D eigenvalue weighted by Gasteiger charge is 2.23. The summed E-state index contributed by atoms with van der Waals surface area (Å²) in [5, 5.41) is 3.85. The number of rotatable bonds is 5. The van der Waals surface area contributed by atoms with Gasteiger partial charge in [0.05, 0.1) is 0 Å². The van der Waals surface area contributed by atoms with Crippen LogP contribution in [0.15, 0.2) is 0 Å². The summed E-state index contributed by atoms with van der Waals surface area (Å²) in [6, 6.07) is 0.832. The number of hydrogen-bond donors (Lipinski definition) is 1. The van der Waals surface area contributed by atoms with Crippen molar-refractivity contribution in [2.45, 2.75) is 58.4 Å². The van der Waals surface area contributed by atoms with Gasteiger partial charge in [0, 0.05) is 6.04 Å². The maximum atomic E-state index is 3.85. The maximum Gasteiger partial charge on any atom is 0.00698 e. The van der Waals surface area contributed by atoms with Crippen LogP contribution in [0.1, 0.15) is 52.4 Å². The van der Waals surface area contributed by atoms with Crippen molar-refractivity contribution in [3.63, 3.8) is 0 Å². The molecule has 1 heterocycles. The molecule has 0 aromatic heterocycles. The second-order valence-electron chi connectivity index (χ2n) is 6.50. The first-order chi connectivity index (χ1) is 8.24. The Morgan fingerprint density at radius 3 is 2.76 bits per heavy atom. The van der Waals surface area contributed by atoms with Crippen LogP contribution in [-0.2, 0) is 0 Å². The summed E-state index contributed by atoms with van der Waals surface area (Å²) >= 11 is 2.14. The van der Waals surface area contributed by atoms with Gasteiger partial charge >= 0.3 is 0 Å². The highest BCUT2D eigenvalue weighted by molar-refractivity contribution is 7.99. The van der Waals surface area contributed by atoms with Crippen molar-refractivity contribution in [2.24, 2.45) is 17.8 Å². The van der Waals surface area contributed by atoms with E-state index in [1.165, 1.54) is 56.6 Å². The molecule has 1 nitrogen and oxygen atoms in total. The number of thioether (sulfide) groups is 1. The lowest BCUT2D eigenvalue weighted by Gasteiger charge is -2.31. The topological polar surface area (TPSA) is 12.0 Å². The normalized spacial score (nSPS) is 34.4. The van der Waals surface area contributed by atoms with Gasteiger partial charge in [-0.1, -0.05) is 26.7 Å². The van der Waals surface area contributed by atoms with E-state index in [1.807, 2.05) is 0 Å². The molecule has 0 aromatic rings. The predicted octanol–water partition coefficient (Wildman–Crippen LogP) is 3.93.